The summed E-state index contributed by atoms with van der Waals surface area (Å²) in [6, 6.07) is 7.77. The molecule has 1 unspecified atom stereocenters. The third-order valence-corrected chi connectivity index (χ3v) is 4.26. The van der Waals surface area contributed by atoms with Crippen molar-refractivity contribution in [2.75, 3.05) is 11.4 Å². The molecule has 126 valence electrons. The number of amides is 1. The number of anilines is 1. The summed E-state index contributed by atoms with van der Waals surface area (Å²) in [7, 11) is 0. The number of ether oxygens (including phenoxy) is 1. The Balaban J connectivity index is 1.73. The van der Waals surface area contributed by atoms with Gasteiger partial charge in [0.1, 0.15) is 11.3 Å². The molecule has 1 atom stereocenters. The highest BCUT2D eigenvalue weighted by molar-refractivity contribution is 6.00. The SMILES string of the molecule is CCc1noc(C)c1C(=O)OC(C)C(=O)N1CCc2ccccc21. The number of para-hydroxylation sites is 1. The Labute approximate surface area is 140 Å². The van der Waals surface area contributed by atoms with Crippen LogP contribution in [0.1, 0.15) is 41.2 Å². The summed E-state index contributed by atoms with van der Waals surface area (Å²) in [5.41, 5.74) is 2.89. The van der Waals surface area contributed by atoms with E-state index in [2.05, 4.69) is 5.16 Å². The molecule has 0 fully saturated rings. The van der Waals surface area contributed by atoms with Gasteiger partial charge in [0.2, 0.25) is 0 Å². The largest absolute Gasteiger partial charge is 0.449 e. The van der Waals surface area contributed by atoms with E-state index in [1.807, 2.05) is 31.2 Å². The molecule has 1 aromatic carbocycles. The van der Waals surface area contributed by atoms with Gasteiger partial charge in [0.15, 0.2) is 6.10 Å². The zero-order chi connectivity index (χ0) is 17.3. The van der Waals surface area contributed by atoms with Crippen molar-refractivity contribution in [3.05, 3.63) is 46.8 Å². The number of hydrogen-bond donors (Lipinski definition) is 0. The van der Waals surface area contributed by atoms with Crippen molar-refractivity contribution in [3.8, 4) is 0 Å². The Morgan fingerprint density at radius 1 is 1.38 bits per heavy atom. The molecule has 6 heteroatoms. The van der Waals surface area contributed by atoms with Crippen LogP contribution in [0.5, 0.6) is 0 Å². The van der Waals surface area contributed by atoms with Crippen LogP contribution in [0.15, 0.2) is 28.8 Å². The quantitative estimate of drug-likeness (QED) is 0.807. The maximum absolute atomic E-state index is 12.7. The van der Waals surface area contributed by atoms with Gasteiger partial charge in [-0.15, -0.1) is 0 Å². The van der Waals surface area contributed by atoms with Crippen LogP contribution in [-0.2, 0) is 22.4 Å². The first kappa shape index (κ1) is 16.2. The fourth-order valence-corrected chi connectivity index (χ4v) is 2.98. The average molecular weight is 328 g/mol. The molecule has 0 bridgehead atoms. The number of fused-ring (bicyclic) bond motifs is 1. The summed E-state index contributed by atoms with van der Waals surface area (Å²) in [4.78, 5) is 26.7. The third kappa shape index (κ3) is 2.79. The first-order chi connectivity index (χ1) is 11.5. The summed E-state index contributed by atoms with van der Waals surface area (Å²) in [6.45, 7) is 5.73. The second-order valence-electron chi connectivity index (χ2n) is 5.83. The highest BCUT2D eigenvalue weighted by Gasteiger charge is 2.31. The number of nitrogens with zero attached hydrogens (tertiary/aromatic N) is 2. The number of benzene rings is 1. The number of carbonyl (C=O) groups is 2. The van der Waals surface area contributed by atoms with Gasteiger partial charge in [-0.1, -0.05) is 30.3 Å². The van der Waals surface area contributed by atoms with Crippen LogP contribution in [0.2, 0.25) is 0 Å². The fourth-order valence-electron chi connectivity index (χ4n) is 2.98. The fraction of sp³-hybridized carbons (Fsp3) is 0.389. The van der Waals surface area contributed by atoms with Crippen molar-refractivity contribution in [1.82, 2.24) is 5.16 Å². The Kier molecular flexibility index (Phi) is 4.38. The van der Waals surface area contributed by atoms with Crippen LogP contribution in [0.25, 0.3) is 0 Å². The molecular weight excluding hydrogens is 308 g/mol. The molecule has 0 saturated carbocycles. The van der Waals surface area contributed by atoms with E-state index in [4.69, 9.17) is 9.26 Å². The summed E-state index contributed by atoms with van der Waals surface area (Å²) in [5, 5.41) is 3.84. The first-order valence-corrected chi connectivity index (χ1v) is 8.08. The molecule has 1 aliphatic rings. The van der Waals surface area contributed by atoms with E-state index in [0.717, 1.165) is 17.7 Å². The lowest BCUT2D eigenvalue weighted by atomic mass is 10.1. The van der Waals surface area contributed by atoms with Crippen molar-refractivity contribution in [3.63, 3.8) is 0 Å². The highest BCUT2D eigenvalue weighted by atomic mass is 16.5. The molecule has 1 aromatic heterocycles. The van der Waals surface area contributed by atoms with Crippen LogP contribution in [0.4, 0.5) is 5.69 Å². The van der Waals surface area contributed by atoms with E-state index in [1.165, 1.54) is 0 Å². The molecule has 2 aromatic rings. The Hall–Kier alpha value is -2.63. The van der Waals surface area contributed by atoms with Gasteiger partial charge in [-0.2, -0.15) is 0 Å². The monoisotopic (exact) mass is 328 g/mol. The van der Waals surface area contributed by atoms with Crippen molar-refractivity contribution < 1.29 is 18.8 Å². The van der Waals surface area contributed by atoms with E-state index < -0.39 is 12.1 Å². The lowest BCUT2D eigenvalue weighted by molar-refractivity contribution is -0.126. The topological polar surface area (TPSA) is 72.6 Å². The predicted octanol–water partition coefficient (Wildman–Crippen LogP) is 2.68. The highest BCUT2D eigenvalue weighted by Crippen LogP contribution is 2.28. The minimum absolute atomic E-state index is 0.222. The van der Waals surface area contributed by atoms with Crippen molar-refractivity contribution >= 4 is 17.6 Å². The van der Waals surface area contributed by atoms with Gasteiger partial charge in [-0.3, -0.25) is 4.79 Å². The second-order valence-corrected chi connectivity index (χ2v) is 5.83. The maximum Gasteiger partial charge on any atom is 0.344 e. The molecule has 0 aliphatic carbocycles. The Bertz CT molecular complexity index is 781. The molecule has 24 heavy (non-hydrogen) atoms. The molecule has 0 saturated heterocycles. The van der Waals surface area contributed by atoms with Gasteiger partial charge in [0.25, 0.3) is 5.91 Å². The van der Waals surface area contributed by atoms with Gasteiger partial charge in [0, 0.05) is 12.2 Å². The summed E-state index contributed by atoms with van der Waals surface area (Å²) < 4.78 is 10.4. The number of rotatable bonds is 4. The third-order valence-electron chi connectivity index (χ3n) is 4.26. The van der Waals surface area contributed by atoms with Crippen molar-refractivity contribution in [2.45, 2.75) is 39.7 Å². The van der Waals surface area contributed by atoms with Gasteiger partial charge >= 0.3 is 5.97 Å². The lowest BCUT2D eigenvalue weighted by Gasteiger charge is -2.21. The molecule has 0 radical (unpaired) electrons. The van der Waals surface area contributed by atoms with E-state index in [9.17, 15) is 9.59 Å². The molecular formula is C18H20N2O4. The summed E-state index contributed by atoms with van der Waals surface area (Å²) in [6.07, 6.45) is 0.499. The van der Waals surface area contributed by atoms with Gasteiger partial charge in [0.05, 0.1) is 5.69 Å². The molecule has 2 heterocycles. The molecule has 0 spiro atoms. The van der Waals surface area contributed by atoms with Crippen LogP contribution in [-0.4, -0.2) is 29.7 Å². The number of aryl methyl sites for hydroxylation is 2. The van der Waals surface area contributed by atoms with E-state index >= 15 is 0 Å². The second kappa shape index (κ2) is 6.47. The number of hydrogen-bond acceptors (Lipinski definition) is 5. The standard InChI is InChI=1S/C18H20N2O4/c1-4-14-16(11(2)24-19-14)18(22)23-12(3)17(21)20-10-9-13-7-5-6-8-15(13)20/h5-8,12H,4,9-10H2,1-3H3. The first-order valence-electron chi connectivity index (χ1n) is 8.08. The molecule has 1 amide bonds. The molecule has 3 rings (SSSR count). The van der Waals surface area contributed by atoms with E-state index in [-0.39, 0.29) is 5.91 Å². The zero-order valence-electron chi connectivity index (χ0n) is 14.0. The molecule has 1 aliphatic heterocycles. The average Bonchev–Trinajstić information content (AvgIpc) is 3.17. The Morgan fingerprint density at radius 3 is 2.88 bits per heavy atom. The normalized spacial score (nSPS) is 14.4. The van der Waals surface area contributed by atoms with Crippen LogP contribution in [0.3, 0.4) is 0 Å². The number of aromatic nitrogens is 1. The van der Waals surface area contributed by atoms with E-state index in [1.54, 1.807) is 18.7 Å². The molecule has 0 N–H and O–H groups in total. The molecule has 6 nitrogen and oxygen atoms in total. The van der Waals surface area contributed by atoms with Crippen LogP contribution < -0.4 is 4.90 Å². The van der Waals surface area contributed by atoms with Crippen LogP contribution >= 0.6 is 0 Å². The zero-order valence-corrected chi connectivity index (χ0v) is 14.0. The Morgan fingerprint density at radius 2 is 2.12 bits per heavy atom. The minimum atomic E-state index is -0.873. The van der Waals surface area contributed by atoms with Crippen molar-refractivity contribution in [2.24, 2.45) is 0 Å². The van der Waals surface area contributed by atoms with Crippen molar-refractivity contribution in [1.29, 1.82) is 0 Å². The van der Waals surface area contributed by atoms with Crippen LogP contribution in [0, 0.1) is 6.92 Å². The predicted molar refractivity (Wildman–Crippen MR) is 88.0 cm³/mol. The smallest absolute Gasteiger partial charge is 0.344 e. The lowest BCUT2D eigenvalue weighted by Crippen LogP contribution is -2.39. The van der Waals surface area contributed by atoms with E-state index in [0.29, 0.717) is 30.0 Å². The number of carbonyl (C=O) groups excluding carboxylic acids is 2. The summed E-state index contributed by atoms with van der Waals surface area (Å²) >= 11 is 0. The van der Waals surface area contributed by atoms with Gasteiger partial charge in [-0.25, -0.2) is 4.79 Å². The number of esters is 1. The van der Waals surface area contributed by atoms with Gasteiger partial charge < -0.3 is 14.2 Å². The summed E-state index contributed by atoms with van der Waals surface area (Å²) in [5.74, 6) is -0.387. The maximum atomic E-state index is 12.7. The van der Waals surface area contributed by atoms with Gasteiger partial charge in [-0.05, 0) is 38.3 Å². The minimum Gasteiger partial charge on any atom is -0.449 e.